The van der Waals surface area contributed by atoms with Gasteiger partial charge in [0.2, 0.25) is 0 Å². The Kier molecular flexibility index (Phi) is 5.13. The van der Waals surface area contributed by atoms with Crippen molar-refractivity contribution in [2.75, 3.05) is 18.1 Å². The first kappa shape index (κ1) is 20.8. The van der Waals surface area contributed by atoms with Crippen molar-refractivity contribution in [3.05, 3.63) is 94.6 Å². The number of hydrogen-bond donors (Lipinski definition) is 1. The monoisotopic (exact) mass is 441 g/mol. The normalized spacial score (nSPS) is 19.1. The molecule has 1 N–H and O–H groups in total. The van der Waals surface area contributed by atoms with Gasteiger partial charge in [-0.15, -0.1) is 0 Å². The Morgan fingerprint density at radius 1 is 0.909 bits per heavy atom. The van der Waals surface area contributed by atoms with Crippen LogP contribution in [0.15, 0.2) is 72.3 Å². The number of anilines is 1. The number of carbonyl (C=O) groups is 2. The Hall–Kier alpha value is -4.06. The molecule has 0 bridgehead atoms. The quantitative estimate of drug-likeness (QED) is 0.362. The second-order valence-corrected chi connectivity index (χ2v) is 8.16. The van der Waals surface area contributed by atoms with Crippen molar-refractivity contribution in [3.63, 3.8) is 0 Å². The zero-order chi connectivity index (χ0) is 23.1. The molecule has 6 heteroatoms. The summed E-state index contributed by atoms with van der Waals surface area (Å²) in [4.78, 5) is 28.1. The number of fused-ring (bicyclic) bond motifs is 1. The van der Waals surface area contributed by atoms with Crippen LogP contribution in [0.5, 0.6) is 11.5 Å². The molecule has 2 aliphatic heterocycles. The van der Waals surface area contributed by atoms with Gasteiger partial charge < -0.3 is 14.6 Å². The highest BCUT2D eigenvalue weighted by Crippen LogP contribution is 2.44. The average molecular weight is 441 g/mol. The molecule has 6 nitrogen and oxygen atoms in total. The Balaban J connectivity index is 1.71. The van der Waals surface area contributed by atoms with Crippen LogP contribution >= 0.6 is 0 Å². The van der Waals surface area contributed by atoms with E-state index in [-0.39, 0.29) is 11.3 Å². The van der Waals surface area contributed by atoms with E-state index in [2.05, 4.69) is 0 Å². The molecule has 1 atom stereocenters. The summed E-state index contributed by atoms with van der Waals surface area (Å²) in [5.74, 6) is -0.570. The summed E-state index contributed by atoms with van der Waals surface area (Å²) >= 11 is 0. The number of ether oxygens (including phenoxy) is 2. The molecule has 0 aromatic heterocycles. The van der Waals surface area contributed by atoms with Crippen molar-refractivity contribution < 1.29 is 24.2 Å². The van der Waals surface area contributed by atoms with Gasteiger partial charge in [-0.25, -0.2) is 0 Å². The van der Waals surface area contributed by atoms with Gasteiger partial charge in [0.15, 0.2) is 11.5 Å². The number of aliphatic hydroxyl groups excluding tert-OH is 1. The van der Waals surface area contributed by atoms with Crippen molar-refractivity contribution >= 4 is 23.1 Å². The number of ketones is 1. The van der Waals surface area contributed by atoms with Gasteiger partial charge >= 0.3 is 0 Å². The minimum absolute atomic E-state index is 0.0452. The number of aryl methyl sites for hydroxylation is 1. The van der Waals surface area contributed by atoms with Crippen LogP contribution in [0.3, 0.4) is 0 Å². The van der Waals surface area contributed by atoms with Gasteiger partial charge in [0.05, 0.1) is 11.6 Å². The molecule has 5 rings (SSSR count). The van der Waals surface area contributed by atoms with Gasteiger partial charge in [-0.2, -0.15) is 0 Å². The molecule has 1 saturated heterocycles. The number of Topliss-reactive ketones (excluding diaryl/α,β-unsaturated/α-hetero) is 1. The number of hydrogen-bond acceptors (Lipinski definition) is 5. The van der Waals surface area contributed by atoms with Crippen LogP contribution in [0.25, 0.3) is 5.76 Å². The lowest BCUT2D eigenvalue weighted by Gasteiger charge is -2.27. The SMILES string of the molecule is Cc1cccc(N2C(=O)C(=O)/C(=C(\O)c3ccc4c(c3)OCCO4)C2c2ccccc2)c1C. The first-order chi connectivity index (χ1) is 16.0. The lowest BCUT2D eigenvalue weighted by atomic mass is 9.94. The smallest absolute Gasteiger partial charge is 0.300 e. The standard InChI is InChI=1S/C27H23NO5/c1-16-7-6-10-20(17(16)2)28-24(18-8-4-3-5-9-18)23(26(30)27(28)31)25(29)19-11-12-21-22(15-19)33-14-13-32-21/h3-12,15,24,29H,13-14H2,1-2H3/b25-23-. The predicted molar refractivity (Wildman–Crippen MR) is 125 cm³/mol. The molecule has 2 aliphatic rings. The van der Waals surface area contributed by atoms with E-state index in [1.165, 1.54) is 4.90 Å². The summed E-state index contributed by atoms with van der Waals surface area (Å²) in [6, 6.07) is 19.2. The van der Waals surface area contributed by atoms with Crippen molar-refractivity contribution in [1.29, 1.82) is 0 Å². The van der Waals surface area contributed by atoms with Crippen molar-refractivity contribution in [3.8, 4) is 11.5 Å². The van der Waals surface area contributed by atoms with Gasteiger partial charge in [-0.1, -0.05) is 42.5 Å². The van der Waals surface area contributed by atoms with Crippen molar-refractivity contribution in [2.24, 2.45) is 0 Å². The van der Waals surface area contributed by atoms with Crippen molar-refractivity contribution in [2.45, 2.75) is 19.9 Å². The van der Waals surface area contributed by atoms with Crippen molar-refractivity contribution in [1.82, 2.24) is 0 Å². The Bertz CT molecular complexity index is 1300. The third-order valence-corrected chi connectivity index (χ3v) is 6.21. The number of amides is 1. The topological polar surface area (TPSA) is 76.1 Å². The van der Waals surface area contributed by atoms with Crippen LogP contribution in [-0.4, -0.2) is 30.0 Å². The van der Waals surface area contributed by atoms with Crippen LogP contribution in [0.2, 0.25) is 0 Å². The van der Waals surface area contributed by atoms with Crippen LogP contribution in [0.4, 0.5) is 5.69 Å². The first-order valence-electron chi connectivity index (χ1n) is 10.8. The van der Waals surface area contributed by atoms with Gasteiger partial charge in [-0.05, 0) is 54.8 Å². The number of nitrogens with zero attached hydrogens (tertiary/aromatic N) is 1. The van der Waals surface area contributed by atoms with Crippen LogP contribution in [-0.2, 0) is 9.59 Å². The molecule has 1 unspecified atom stereocenters. The minimum Gasteiger partial charge on any atom is -0.507 e. The molecule has 2 heterocycles. The van der Waals surface area contributed by atoms with Gasteiger partial charge in [-0.3, -0.25) is 14.5 Å². The first-order valence-corrected chi connectivity index (χ1v) is 10.8. The molecule has 1 fully saturated rings. The highest BCUT2D eigenvalue weighted by atomic mass is 16.6. The van der Waals surface area contributed by atoms with Gasteiger partial charge in [0.1, 0.15) is 19.0 Å². The molecular weight excluding hydrogens is 418 g/mol. The average Bonchev–Trinajstić information content (AvgIpc) is 3.11. The van der Waals surface area contributed by atoms with Gasteiger partial charge in [0, 0.05) is 11.3 Å². The summed E-state index contributed by atoms with van der Waals surface area (Å²) < 4.78 is 11.2. The van der Waals surface area contributed by atoms with E-state index < -0.39 is 17.7 Å². The highest BCUT2D eigenvalue weighted by molar-refractivity contribution is 6.51. The largest absolute Gasteiger partial charge is 0.507 e. The fourth-order valence-corrected chi connectivity index (χ4v) is 4.37. The van der Waals surface area contributed by atoms with E-state index in [1.54, 1.807) is 18.2 Å². The summed E-state index contributed by atoms with van der Waals surface area (Å²) in [5.41, 5.74) is 3.72. The molecule has 0 aliphatic carbocycles. The lowest BCUT2D eigenvalue weighted by Crippen LogP contribution is -2.30. The van der Waals surface area contributed by atoms with Gasteiger partial charge in [0.25, 0.3) is 11.7 Å². The fourth-order valence-electron chi connectivity index (χ4n) is 4.37. The summed E-state index contributed by atoms with van der Waals surface area (Å²) in [7, 11) is 0. The Morgan fingerprint density at radius 2 is 1.64 bits per heavy atom. The fraction of sp³-hybridized carbons (Fsp3) is 0.185. The number of benzene rings is 3. The summed E-state index contributed by atoms with van der Waals surface area (Å²) in [6.45, 7) is 4.74. The van der Waals surface area contributed by atoms with Crippen LogP contribution in [0.1, 0.15) is 28.3 Å². The van der Waals surface area contributed by atoms with E-state index in [0.29, 0.717) is 36.0 Å². The van der Waals surface area contributed by atoms with E-state index >= 15 is 0 Å². The van der Waals surface area contributed by atoms with E-state index in [1.807, 2.05) is 62.4 Å². The minimum atomic E-state index is -0.764. The Labute approximate surface area is 191 Å². The second-order valence-electron chi connectivity index (χ2n) is 8.16. The Morgan fingerprint density at radius 3 is 2.39 bits per heavy atom. The molecule has 0 saturated carbocycles. The predicted octanol–water partition coefficient (Wildman–Crippen LogP) is 4.70. The highest BCUT2D eigenvalue weighted by Gasteiger charge is 2.47. The number of carbonyl (C=O) groups excluding carboxylic acids is 2. The second kappa shape index (κ2) is 8.13. The molecule has 0 spiro atoms. The molecule has 3 aromatic carbocycles. The lowest BCUT2D eigenvalue weighted by molar-refractivity contribution is -0.132. The zero-order valence-corrected chi connectivity index (χ0v) is 18.4. The molecule has 3 aromatic rings. The molecule has 0 radical (unpaired) electrons. The molecule has 33 heavy (non-hydrogen) atoms. The molecule has 1 amide bonds. The van der Waals surface area contributed by atoms with Crippen LogP contribution < -0.4 is 14.4 Å². The third-order valence-electron chi connectivity index (χ3n) is 6.21. The number of aliphatic hydroxyl groups is 1. The summed E-state index contributed by atoms with van der Waals surface area (Å²) in [5, 5.41) is 11.3. The van der Waals surface area contributed by atoms with E-state index in [0.717, 1.165) is 16.7 Å². The maximum atomic E-state index is 13.3. The number of rotatable bonds is 3. The van der Waals surface area contributed by atoms with E-state index in [9.17, 15) is 14.7 Å². The third kappa shape index (κ3) is 3.44. The van der Waals surface area contributed by atoms with Crippen LogP contribution in [0, 0.1) is 13.8 Å². The maximum absolute atomic E-state index is 13.3. The van der Waals surface area contributed by atoms with E-state index in [4.69, 9.17) is 9.47 Å². The molecule has 166 valence electrons. The molecular formula is C27H23NO5. The maximum Gasteiger partial charge on any atom is 0.300 e. The zero-order valence-electron chi connectivity index (χ0n) is 18.4. The summed E-state index contributed by atoms with van der Waals surface area (Å²) in [6.07, 6.45) is 0.